The molecule has 0 saturated carbocycles. The lowest BCUT2D eigenvalue weighted by Gasteiger charge is -2.35. The number of nitrogens with zero attached hydrogens (tertiary/aromatic N) is 3. The normalized spacial score (nSPS) is 15.2. The fourth-order valence-corrected chi connectivity index (χ4v) is 5.86. The predicted octanol–water partition coefficient (Wildman–Crippen LogP) is 6.81. The zero-order valence-corrected chi connectivity index (χ0v) is 20.8. The minimum Gasteiger partial charge on any atom is -0.494 e. The first-order valence-corrected chi connectivity index (χ1v) is 12.3. The number of halogens is 3. The number of anilines is 1. The molecule has 2 heterocycles. The van der Waals surface area contributed by atoms with Crippen LogP contribution in [-0.2, 0) is 0 Å². The number of fused-ring (bicyclic) bond motifs is 2. The lowest BCUT2D eigenvalue weighted by molar-refractivity contribution is 0.153. The van der Waals surface area contributed by atoms with Crippen LogP contribution in [0, 0.1) is 0 Å². The number of hydrogen-bond donors (Lipinski definition) is 0. The number of likely N-dealkylation sites (N-methyl/N-ethyl adjacent to an activating group) is 1. The summed E-state index contributed by atoms with van der Waals surface area (Å²) in [6.45, 7) is 3.78. The van der Waals surface area contributed by atoms with Gasteiger partial charge in [-0.25, -0.2) is 8.78 Å². The van der Waals surface area contributed by atoms with E-state index in [-0.39, 0.29) is 5.56 Å². The largest absolute Gasteiger partial charge is 0.494 e. The monoisotopic (exact) mass is 531 g/mol. The molecular formula is C25H24BrF2N3OS. The molecule has 0 atom stereocenters. The van der Waals surface area contributed by atoms with Crippen LogP contribution in [0.1, 0.15) is 12.0 Å². The van der Waals surface area contributed by atoms with Gasteiger partial charge >= 0.3 is 0 Å². The molecule has 1 aliphatic heterocycles. The maximum absolute atomic E-state index is 13.8. The van der Waals surface area contributed by atoms with E-state index in [1.165, 1.54) is 11.9 Å². The van der Waals surface area contributed by atoms with Gasteiger partial charge in [-0.3, -0.25) is 3.97 Å². The minimum atomic E-state index is -2.54. The van der Waals surface area contributed by atoms with Crippen LogP contribution in [0.15, 0.2) is 64.1 Å². The molecule has 0 bridgehead atoms. The third-order valence-corrected chi connectivity index (χ3v) is 7.71. The predicted molar refractivity (Wildman–Crippen MR) is 136 cm³/mol. The standard InChI is InChI=1S/C25H24BrF2N3OS/c1-29-9-11-30(12-10-29)22-14-23(17-5-3-4-6-18(17)24(22)32-2)33-31-15-20(25(27)28)19-13-16(26)7-8-21(19)31/h3-8,13-15,25H,9-12H2,1-2H3. The molecule has 1 aliphatic rings. The summed E-state index contributed by atoms with van der Waals surface area (Å²) in [4.78, 5) is 5.67. The van der Waals surface area contributed by atoms with E-state index in [9.17, 15) is 8.78 Å². The second-order valence-electron chi connectivity index (χ2n) is 8.23. The summed E-state index contributed by atoms with van der Waals surface area (Å²) >= 11 is 4.88. The van der Waals surface area contributed by atoms with Gasteiger partial charge in [0.1, 0.15) is 5.75 Å². The van der Waals surface area contributed by atoms with Gasteiger partial charge in [0, 0.05) is 63.5 Å². The van der Waals surface area contributed by atoms with E-state index < -0.39 is 6.43 Å². The highest BCUT2D eigenvalue weighted by atomic mass is 79.9. The average molecular weight is 532 g/mol. The first-order chi connectivity index (χ1) is 16.0. The maximum Gasteiger partial charge on any atom is 0.265 e. The first-order valence-electron chi connectivity index (χ1n) is 10.8. The molecular weight excluding hydrogens is 508 g/mol. The highest BCUT2D eigenvalue weighted by Gasteiger charge is 2.23. The maximum atomic E-state index is 13.8. The van der Waals surface area contributed by atoms with Crippen molar-refractivity contribution in [3.8, 4) is 5.75 Å². The number of piperazine rings is 1. The van der Waals surface area contributed by atoms with Crippen molar-refractivity contribution in [2.75, 3.05) is 45.2 Å². The summed E-state index contributed by atoms with van der Waals surface area (Å²) in [5, 5.41) is 2.62. The van der Waals surface area contributed by atoms with E-state index in [4.69, 9.17) is 4.74 Å². The smallest absolute Gasteiger partial charge is 0.265 e. The molecule has 0 radical (unpaired) electrons. The fourth-order valence-electron chi connectivity index (χ4n) is 4.43. The summed E-state index contributed by atoms with van der Waals surface area (Å²) in [7, 11) is 3.84. The average Bonchev–Trinajstić information content (AvgIpc) is 3.17. The van der Waals surface area contributed by atoms with Gasteiger partial charge < -0.3 is 14.5 Å². The zero-order valence-electron chi connectivity index (χ0n) is 18.4. The van der Waals surface area contributed by atoms with Crippen molar-refractivity contribution in [2.24, 2.45) is 0 Å². The van der Waals surface area contributed by atoms with Gasteiger partial charge in [-0.2, -0.15) is 0 Å². The van der Waals surface area contributed by atoms with Crippen LogP contribution < -0.4 is 9.64 Å². The van der Waals surface area contributed by atoms with Crippen molar-refractivity contribution in [2.45, 2.75) is 11.3 Å². The van der Waals surface area contributed by atoms with Crippen molar-refractivity contribution < 1.29 is 13.5 Å². The number of benzene rings is 3. The van der Waals surface area contributed by atoms with E-state index in [1.807, 2.05) is 28.2 Å². The van der Waals surface area contributed by atoms with Crippen molar-refractivity contribution in [1.29, 1.82) is 0 Å². The lowest BCUT2D eigenvalue weighted by atomic mass is 10.1. The molecule has 0 aliphatic carbocycles. The number of hydrogen-bond acceptors (Lipinski definition) is 4. The number of methoxy groups -OCH3 is 1. The zero-order chi connectivity index (χ0) is 23.1. The quantitative estimate of drug-likeness (QED) is 0.281. The Morgan fingerprint density at radius 3 is 2.39 bits per heavy atom. The Bertz CT molecular complexity index is 1320. The van der Waals surface area contributed by atoms with E-state index in [0.717, 1.165) is 63.3 Å². The molecule has 0 amide bonds. The Hall–Kier alpha value is -2.29. The summed E-state index contributed by atoms with van der Waals surface area (Å²) < 4.78 is 36.1. The molecule has 8 heteroatoms. The molecule has 0 unspecified atom stereocenters. The van der Waals surface area contributed by atoms with Gasteiger partial charge in [-0.1, -0.05) is 40.2 Å². The van der Waals surface area contributed by atoms with Gasteiger partial charge in [0.25, 0.3) is 6.43 Å². The van der Waals surface area contributed by atoms with Crippen LogP contribution in [0.4, 0.5) is 14.5 Å². The van der Waals surface area contributed by atoms with E-state index in [0.29, 0.717) is 5.39 Å². The van der Waals surface area contributed by atoms with Crippen LogP contribution in [0.3, 0.4) is 0 Å². The van der Waals surface area contributed by atoms with E-state index >= 15 is 0 Å². The van der Waals surface area contributed by atoms with Crippen LogP contribution in [-0.4, -0.2) is 49.2 Å². The number of rotatable bonds is 5. The van der Waals surface area contributed by atoms with Crippen molar-refractivity contribution in [1.82, 2.24) is 8.87 Å². The summed E-state index contributed by atoms with van der Waals surface area (Å²) in [6.07, 6.45) is -0.988. The first kappa shape index (κ1) is 22.5. The van der Waals surface area contributed by atoms with Crippen molar-refractivity contribution >= 4 is 55.2 Å². The summed E-state index contributed by atoms with van der Waals surface area (Å²) in [5.41, 5.74) is 1.84. The Morgan fingerprint density at radius 1 is 0.970 bits per heavy atom. The topological polar surface area (TPSA) is 20.6 Å². The molecule has 1 fully saturated rings. The third kappa shape index (κ3) is 4.20. The Kier molecular flexibility index (Phi) is 6.24. The molecule has 0 N–H and O–H groups in total. The molecule has 172 valence electrons. The summed E-state index contributed by atoms with van der Waals surface area (Å²) in [6, 6.07) is 15.8. The van der Waals surface area contributed by atoms with Gasteiger partial charge in [0.2, 0.25) is 0 Å². The molecule has 4 nitrogen and oxygen atoms in total. The molecule has 0 spiro atoms. The van der Waals surface area contributed by atoms with Gasteiger partial charge in [0.15, 0.2) is 0 Å². The Morgan fingerprint density at radius 2 is 1.70 bits per heavy atom. The fraction of sp³-hybridized carbons (Fsp3) is 0.280. The molecule has 5 rings (SSSR count). The van der Waals surface area contributed by atoms with Gasteiger partial charge in [-0.15, -0.1) is 0 Å². The lowest BCUT2D eigenvalue weighted by Crippen LogP contribution is -2.44. The highest BCUT2D eigenvalue weighted by Crippen LogP contribution is 2.44. The molecule has 33 heavy (non-hydrogen) atoms. The highest BCUT2D eigenvalue weighted by molar-refractivity contribution is 9.10. The van der Waals surface area contributed by atoms with Gasteiger partial charge in [-0.05, 0) is 43.3 Å². The van der Waals surface area contributed by atoms with Crippen LogP contribution in [0.5, 0.6) is 5.75 Å². The minimum absolute atomic E-state index is 0.0379. The summed E-state index contributed by atoms with van der Waals surface area (Å²) in [5.74, 6) is 0.856. The number of alkyl halides is 2. The van der Waals surface area contributed by atoms with E-state index in [1.54, 1.807) is 19.4 Å². The SMILES string of the molecule is COc1c(N2CCN(C)CC2)cc(Sn2cc(C(F)F)c3cc(Br)ccc32)c2ccccc12. The molecule has 1 aromatic heterocycles. The van der Waals surface area contributed by atoms with Crippen molar-refractivity contribution in [3.05, 3.63) is 64.8 Å². The van der Waals surface area contributed by atoms with Gasteiger partial charge in [0.05, 0.1) is 18.3 Å². The molecule has 3 aromatic carbocycles. The third-order valence-electron chi connectivity index (χ3n) is 6.18. The van der Waals surface area contributed by atoms with Crippen LogP contribution >= 0.6 is 27.9 Å². The second-order valence-corrected chi connectivity index (χ2v) is 10.2. The van der Waals surface area contributed by atoms with E-state index in [2.05, 4.69) is 51.0 Å². The molecule has 4 aromatic rings. The number of ether oxygens (including phenoxy) is 1. The molecule has 1 saturated heterocycles. The van der Waals surface area contributed by atoms with Crippen LogP contribution in [0.25, 0.3) is 21.7 Å². The van der Waals surface area contributed by atoms with Crippen molar-refractivity contribution in [3.63, 3.8) is 0 Å². The number of aromatic nitrogens is 1. The van der Waals surface area contributed by atoms with Crippen LogP contribution in [0.2, 0.25) is 0 Å². The second kappa shape index (κ2) is 9.16. The Balaban J connectivity index is 1.66. The Labute approximate surface area is 204 Å².